The summed E-state index contributed by atoms with van der Waals surface area (Å²) in [4.78, 5) is 37.2. The van der Waals surface area contributed by atoms with Crippen molar-refractivity contribution in [3.63, 3.8) is 0 Å². The molecule has 0 saturated heterocycles. The van der Waals surface area contributed by atoms with Gasteiger partial charge in [0.05, 0.1) is 40.5 Å². The summed E-state index contributed by atoms with van der Waals surface area (Å²) in [7, 11) is 1.43. The van der Waals surface area contributed by atoms with E-state index in [-0.39, 0.29) is 36.9 Å². The molecule has 1 aliphatic rings. The predicted molar refractivity (Wildman–Crippen MR) is 181 cm³/mol. The molecule has 4 rings (SSSR count). The van der Waals surface area contributed by atoms with Gasteiger partial charge in [0, 0.05) is 21.3 Å². The van der Waals surface area contributed by atoms with Crippen molar-refractivity contribution in [3.05, 3.63) is 95.5 Å². The first-order valence-corrected chi connectivity index (χ1v) is 16.0. The molecule has 15 heteroatoms. The summed E-state index contributed by atoms with van der Waals surface area (Å²) in [5, 5.41) is 10.4. The molecule has 0 unspecified atom stereocenters. The van der Waals surface area contributed by atoms with Gasteiger partial charge >= 0.3 is 12.0 Å². The molecule has 1 heterocycles. The van der Waals surface area contributed by atoms with Crippen LogP contribution < -0.4 is 30.3 Å². The molecule has 0 bridgehead atoms. The molecule has 3 N–H and O–H groups in total. The van der Waals surface area contributed by atoms with Gasteiger partial charge in [-0.3, -0.25) is 4.79 Å². The first-order chi connectivity index (χ1) is 22.0. The molecular formula is C31H28Br2Cl2N4O7. The van der Waals surface area contributed by atoms with Crippen LogP contribution in [0, 0.1) is 0 Å². The van der Waals surface area contributed by atoms with E-state index in [4.69, 9.17) is 42.1 Å². The summed E-state index contributed by atoms with van der Waals surface area (Å²) in [5.74, 6) is 0.0446. The van der Waals surface area contributed by atoms with Gasteiger partial charge in [0.1, 0.15) is 12.4 Å². The lowest BCUT2D eigenvalue weighted by atomic mass is 9.95. The molecule has 0 aromatic heterocycles. The Labute approximate surface area is 291 Å². The molecule has 11 nitrogen and oxygen atoms in total. The largest absolute Gasteiger partial charge is 0.493 e. The quantitative estimate of drug-likeness (QED) is 0.104. The molecule has 242 valence electrons. The van der Waals surface area contributed by atoms with E-state index in [2.05, 4.69) is 53.0 Å². The maximum atomic E-state index is 12.6. The lowest BCUT2D eigenvalue weighted by Gasteiger charge is -2.28. The number of halogens is 4. The number of rotatable bonds is 12. The SMILES string of the molecule is CCOC(=O)C1=C(C)NC(=O)N[C@@H]1c1ccc(OCC(=O)N/N=C\c2cc(Br)c(OCc3ccc(Cl)cc3Cl)c(Br)c2)c(OC)c1. The average Bonchev–Trinajstić information content (AvgIpc) is 3.00. The van der Waals surface area contributed by atoms with E-state index in [1.807, 2.05) is 0 Å². The Morgan fingerprint density at radius 1 is 1.04 bits per heavy atom. The fourth-order valence-electron chi connectivity index (χ4n) is 4.34. The van der Waals surface area contributed by atoms with Crippen LogP contribution in [0.1, 0.15) is 36.6 Å². The number of carbonyl (C=O) groups excluding carboxylic acids is 3. The molecular weight excluding hydrogens is 771 g/mol. The topological polar surface area (TPSA) is 137 Å². The van der Waals surface area contributed by atoms with E-state index in [0.29, 0.717) is 41.6 Å². The highest BCUT2D eigenvalue weighted by atomic mass is 79.9. The van der Waals surface area contributed by atoms with Crippen molar-refractivity contribution in [1.82, 2.24) is 16.1 Å². The molecule has 3 amide bonds. The average molecular weight is 799 g/mol. The number of hydrogen-bond donors (Lipinski definition) is 3. The normalized spacial score (nSPS) is 14.4. The van der Waals surface area contributed by atoms with Gasteiger partial charge in [-0.1, -0.05) is 35.3 Å². The summed E-state index contributed by atoms with van der Waals surface area (Å²) < 4.78 is 23.5. The van der Waals surface area contributed by atoms with Gasteiger partial charge in [-0.15, -0.1) is 0 Å². The van der Waals surface area contributed by atoms with Crippen molar-refractivity contribution in [3.8, 4) is 17.2 Å². The zero-order valence-corrected chi connectivity index (χ0v) is 29.4. The lowest BCUT2D eigenvalue weighted by molar-refractivity contribution is -0.139. The molecule has 1 atom stereocenters. The predicted octanol–water partition coefficient (Wildman–Crippen LogP) is 6.83. The van der Waals surface area contributed by atoms with Crippen LogP contribution in [-0.4, -0.2) is 44.4 Å². The number of nitrogens with one attached hydrogen (secondary N) is 3. The van der Waals surface area contributed by atoms with Crippen molar-refractivity contribution in [2.75, 3.05) is 20.3 Å². The number of carbonyl (C=O) groups is 3. The van der Waals surface area contributed by atoms with Crippen molar-refractivity contribution in [2.45, 2.75) is 26.5 Å². The molecule has 3 aromatic rings. The van der Waals surface area contributed by atoms with Crippen LogP contribution in [0.15, 0.2) is 73.8 Å². The number of urea groups is 1. The Kier molecular flexibility index (Phi) is 12.3. The second-order valence-corrected chi connectivity index (χ2v) is 12.2. The van der Waals surface area contributed by atoms with Gasteiger partial charge in [0.2, 0.25) is 0 Å². The van der Waals surface area contributed by atoms with E-state index in [1.54, 1.807) is 62.4 Å². The third-order valence-electron chi connectivity index (χ3n) is 6.45. The summed E-state index contributed by atoms with van der Waals surface area (Å²) in [6, 6.07) is 12.3. The van der Waals surface area contributed by atoms with Gasteiger partial charge < -0.3 is 29.6 Å². The van der Waals surface area contributed by atoms with E-state index in [9.17, 15) is 14.4 Å². The number of nitrogens with zero attached hydrogens (tertiary/aromatic N) is 1. The number of allylic oxidation sites excluding steroid dienone is 1. The third kappa shape index (κ3) is 8.93. The standard InChI is InChI=1S/C31H28Br2Cl2N4O7/c1-4-44-30(41)27-16(2)37-31(42)38-28(27)18-6-8-24(25(11-18)43-3)45-15-26(40)39-36-13-17-9-21(32)29(22(33)10-17)46-14-19-5-7-20(34)12-23(19)35/h5-13,28H,4,14-15H2,1-3H3,(H,39,40)(H2,37,38,42)/b36-13-/t28-/m1/s1. The first kappa shape index (κ1) is 35.1. The fraction of sp³-hybridized carbons (Fsp3) is 0.226. The maximum absolute atomic E-state index is 12.6. The lowest BCUT2D eigenvalue weighted by Crippen LogP contribution is -2.45. The van der Waals surface area contributed by atoms with E-state index in [0.717, 1.165) is 5.56 Å². The summed E-state index contributed by atoms with van der Waals surface area (Å²) in [5.41, 5.74) is 5.07. The van der Waals surface area contributed by atoms with Crippen LogP contribution in [0.25, 0.3) is 0 Å². The van der Waals surface area contributed by atoms with Crippen LogP contribution in [0.2, 0.25) is 10.0 Å². The highest BCUT2D eigenvalue weighted by molar-refractivity contribution is 9.11. The van der Waals surface area contributed by atoms with Crippen LogP contribution in [-0.2, 0) is 20.9 Å². The van der Waals surface area contributed by atoms with E-state index in [1.165, 1.54) is 13.3 Å². The molecule has 0 aliphatic carbocycles. The number of amides is 3. The van der Waals surface area contributed by atoms with Gasteiger partial charge in [-0.2, -0.15) is 5.10 Å². The first-order valence-electron chi connectivity index (χ1n) is 13.6. The Bertz CT molecular complexity index is 1700. The maximum Gasteiger partial charge on any atom is 0.338 e. The minimum Gasteiger partial charge on any atom is -0.493 e. The molecule has 3 aromatic carbocycles. The van der Waals surface area contributed by atoms with Crippen LogP contribution in [0.4, 0.5) is 4.79 Å². The molecule has 0 saturated carbocycles. The monoisotopic (exact) mass is 796 g/mol. The van der Waals surface area contributed by atoms with Gasteiger partial charge in [-0.05, 0) is 93.2 Å². The Morgan fingerprint density at radius 3 is 2.46 bits per heavy atom. The van der Waals surface area contributed by atoms with Crippen molar-refractivity contribution >= 4 is 79.2 Å². The minimum absolute atomic E-state index is 0.177. The van der Waals surface area contributed by atoms with Crippen LogP contribution in [0.5, 0.6) is 17.2 Å². The Morgan fingerprint density at radius 2 is 1.78 bits per heavy atom. The van der Waals surface area contributed by atoms with E-state index >= 15 is 0 Å². The highest BCUT2D eigenvalue weighted by Gasteiger charge is 2.32. The number of ether oxygens (including phenoxy) is 4. The van der Waals surface area contributed by atoms with Gasteiger partial charge in [0.15, 0.2) is 18.1 Å². The van der Waals surface area contributed by atoms with Crippen LogP contribution in [0.3, 0.4) is 0 Å². The zero-order chi connectivity index (χ0) is 33.4. The molecule has 0 fully saturated rings. The Balaban J connectivity index is 1.36. The molecule has 46 heavy (non-hydrogen) atoms. The number of esters is 1. The molecule has 1 aliphatic heterocycles. The number of benzene rings is 3. The second-order valence-electron chi connectivity index (χ2n) is 9.62. The summed E-state index contributed by atoms with van der Waals surface area (Å²) >= 11 is 19.2. The third-order valence-corrected chi connectivity index (χ3v) is 8.22. The zero-order valence-electron chi connectivity index (χ0n) is 24.7. The van der Waals surface area contributed by atoms with Gasteiger partial charge in [-0.25, -0.2) is 15.0 Å². The van der Waals surface area contributed by atoms with Crippen molar-refractivity contribution in [2.24, 2.45) is 5.10 Å². The van der Waals surface area contributed by atoms with Crippen molar-refractivity contribution in [1.29, 1.82) is 0 Å². The van der Waals surface area contributed by atoms with Crippen molar-refractivity contribution < 1.29 is 33.3 Å². The van der Waals surface area contributed by atoms with E-state index < -0.39 is 23.9 Å². The second kappa shape index (κ2) is 16.2. The molecule has 0 spiro atoms. The fourth-order valence-corrected chi connectivity index (χ4v) is 6.26. The Hall–Kier alpha value is -3.78. The summed E-state index contributed by atoms with van der Waals surface area (Å²) in [6.07, 6.45) is 1.46. The highest BCUT2D eigenvalue weighted by Crippen LogP contribution is 2.36. The van der Waals surface area contributed by atoms with Gasteiger partial charge in [0.25, 0.3) is 5.91 Å². The minimum atomic E-state index is -0.781. The number of methoxy groups -OCH3 is 1. The summed E-state index contributed by atoms with van der Waals surface area (Å²) in [6.45, 7) is 3.36. The number of hydrogen-bond acceptors (Lipinski definition) is 8. The smallest absolute Gasteiger partial charge is 0.338 e. The molecule has 0 radical (unpaired) electrons. The number of hydrazone groups is 1. The van der Waals surface area contributed by atoms with Crippen LogP contribution >= 0.6 is 55.1 Å².